The summed E-state index contributed by atoms with van der Waals surface area (Å²) < 4.78 is 30.5. The summed E-state index contributed by atoms with van der Waals surface area (Å²) in [5.74, 6) is 1.58. The van der Waals surface area contributed by atoms with Gasteiger partial charge in [0, 0.05) is 19.4 Å². The molecule has 7 nitrogen and oxygen atoms in total. The molecule has 1 amide bonds. The first-order chi connectivity index (χ1) is 15.8. The highest BCUT2D eigenvalue weighted by Crippen LogP contribution is 2.67. The van der Waals surface area contributed by atoms with Crippen LogP contribution in [0, 0.1) is 40.4 Å². The van der Waals surface area contributed by atoms with E-state index in [1.807, 2.05) is 6.08 Å². The van der Waals surface area contributed by atoms with Crippen LogP contribution >= 0.6 is 0 Å². The number of aliphatic hydroxyl groups is 1. The molecule has 0 spiro atoms. The van der Waals surface area contributed by atoms with Crippen LogP contribution < -0.4 is 5.32 Å². The maximum atomic E-state index is 12.2. The zero-order valence-corrected chi connectivity index (χ0v) is 21.6. The van der Waals surface area contributed by atoms with Gasteiger partial charge in [-0.3, -0.25) is 14.1 Å². The van der Waals surface area contributed by atoms with Gasteiger partial charge in [0.05, 0.1) is 11.9 Å². The lowest BCUT2D eigenvalue weighted by Gasteiger charge is -2.59. The molecular formula is C26H41NO6S. The van der Waals surface area contributed by atoms with Gasteiger partial charge in [-0.15, -0.1) is 0 Å². The monoisotopic (exact) mass is 495 g/mol. The van der Waals surface area contributed by atoms with Crippen molar-refractivity contribution in [3.63, 3.8) is 0 Å². The second-order valence-corrected chi connectivity index (χ2v) is 13.6. The van der Waals surface area contributed by atoms with Crippen LogP contribution in [-0.4, -0.2) is 48.2 Å². The van der Waals surface area contributed by atoms with Gasteiger partial charge in [0.25, 0.3) is 10.1 Å². The fourth-order valence-corrected chi connectivity index (χ4v) is 8.83. The van der Waals surface area contributed by atoms with Crippen molar-refractivity contribution in [3.05, 3.63) is 11.6 Å². The molecule has 4 aliphatic rings. The van der Waals surface area contributed by atoms with Gasteiger partial charge in [-0.05, 0) is 91.4 Å². The molecule has 0 aromatic rings. The third kappa shape index (κ3) is 4.74. The van der Waals surface area contributed by atoms with Crippen molar-refractivity contribution in [2.24, 2.45) is 40.4 Å². The fraction of sp³-hybridized carbons (Fsp3) is 0.846. The van der Waals surface area contributed by atoms with Crippen LogP contribution in [0.25, 0.3) is 0 Å². The minimum atomic E-state index is -4.07. The molecule has 3 saturated carbocycles. The van der Waals surface area contributed by atoms with E-state index in [4.69, 9.17) is 4.55 Å². The third-order valence-electron chi connectivity index (χ3n) is 10.3. The molecule has 8 heteroatoms. The van der Waals surface area contributed by atoms with E-state index in [2.05, 4.69) is 26.1 Å². The minimum Gasteiger partial charge on any atom is -0.392 e. The molecule has 3 fully saturated rings. The van der Waals surface area contributed by atoms with E-state index in [1.165, 1.54) is 5.57 Å². The smallest absolute Gasteiger partial charge is 0.266 e. The van der Waals surface area contributed by atoms with Gasteiger partial charge >= 0.3 is 0 Å². The standard InChI is InChI=1S/C26H41NO6S/c1-16(4-7-23(30)27-12-13-34(31,32)33)19-5-6-20-24-21(9-11-26(19,20)3)25(2)10-8-18(28)14-17(25)15-22(24)29/h14,16,19-22,24,29H,4-13,15H2,1-3H3,(H,27,30)(H,31,32,33)/t16-,19-,20+,21+,22-,24+,25+,26-/m1/s1. The Morgan fingerprint density at radius 2 is 1.94 bits per heavy atom. The molecule has 0 aromatic carbocycles. The number of ketones is 1. The Bertz CT molecular complexity index is 960. The zero-order valence-electron chi connectivity index (χ0n) is 20.8. The lowest BCUT2D eigenvalue weighted by Crippen LogP contribution is -2.55. The Morgan fingerprint density at radius 1 is 1.21 bits per heavy atom. The summed E-state index contributed by atoms with van der Waals surface area (Å²) in [5, 5.41) is 13.9. The van der Waals surface area contributed by atoms with Crippen LogP contribution in [0.4, 0.5) is 0 Å². The van der Waals surface area contributed by atoms with Crippen LogP contribution in [0.15, 0.2) is 11.6 Å². The van der Waals surface area contributed by atoms with E-state index >= 15 is 0 Å². The molecule has 0 saturated heterocycles. The highest BCUT2D eigenvalue weighted by Gasteiger charge is 2.61. The van der Waals surface area contributed by atoms with Gasteiger partial charge < -0.3 is 10.4 Å². The van der Waals surface area contributed by atoms with Crippen molar-refractivity contribution in [2.75, 3.05) is 12.3 Å². The molecule has 4 rings (SSSR count). The van der Waals surface area contributed by atoms with Crippen molar-refractivity contribution in [2.45, 2.75) is 84.7 Å². The van der Waals surface area contributed by atoms with Crippen molar-refractivity contribution in [1.82, 2.24) is 5.32 Å². The fourth-order valence-electron chi connectivity index (χ4n) is 8.47. The van der Waals surface area contributed by atoms with Crippen molar-refractivity contribution in [1.29, 1.82) is 0 Å². The summed E-state index contributed by atoms with van der Waals surface area (Å²) in [5.41, 5.74) is 1.35. The topological polar surface area (TPSA) is 121 Å². The van der Waals surface area contributed by atoms with Crippen LogP contribution in [-0.2, 0) is 19.7 Å². The Kier molecular flexibility index (Phi) is 7.08. The second kappa shape index (κ2) is 9.32. The SMILES string of the molecule is C[C@H](CCC(=O)NCCS(=O)(=O)O)[C@H]1CC[C@H]2[C@@H]3[C@H](O)CC4=CC(=O)CC[C@]4(C)[C@H]3CC[C@]12C. The van der Waals surface area contributed by atoms with E-state index in [-0.39, 0.29) is 41.1 Å². The number of carbonyl (C=O) groups excluding carboxylic acids is 2. The average molecular weight is 496 g/mol. The predicted molar refractivity (Wildman–Crippen MR) is 129 cm³/mol. The molecule has 0 aromatic heterocycles. The minimum absolute atomic E-state index is 0.0307. The summed E-state index contributed by atoms with van der Waals surface area (Å²) in [6.07, 6.45) is 9.11. The normalized spacial score (nSPS) is 40.6. The number of hydrogen-bond acceptors (Lipinski definition) is 5. The van der Waals surface area contributed by atoms with Gasteiger partial charge in [0.15, 0.2) is 5.78 Å². The highest BCUT2D eigenvalue weighted by molar-refractivity contribution is 7.85. The highest BCUT2D eigenvalue weighted by atomic mass is 32.2. The largest absolute Gasteiger partial charge is 0.392 e. The molecule has 3 N–H and O–H groups in total. The molecular weight excluding hydrogens is 454 g/mol. The van der Waals surface area contributed by atoms with Gasteiger partial charge in [-0.1, -0.05) is 26.3 Å². The number of carbonyl (C=O) groups is 2. The first-order valence-corrected chi connectivity index (χ1v) is 14.6. The lowest BCUT2D eigenvalue weighted by atomic mass is 9.45. The van der Waals surface area contributed by atoms with Gasteiger partial charge in [0.2, 0.25) is 5.91 Å². The lowest BCUT2D eigenvalue weighted by molar-refractivity contribution is -0.124. The van der Waals surface area contributed by atoms with Crippen molar-refractivity contribution >= 4 is 21.8 Å². The maximum absolute atomic E-state index is 12.2. The van der Waals surface area contributed by atoms with E-state index < -0.39 is 15.9 Å². The van der Waals surface area contributed by atoms with E-state index in [1.54, 1.807) is 0 Å². The summed E-state index contributed by atoms with van der Waals surface area (Å²) in [6, 6.07) is 0. The summed E-state index contributed by atoms with van der Waals surface area (Å²) in [7, 11) is -4.07. The Labute approximate surface area is 203 Å². The van der Waals surface area contributed by atoms with Crippen LogP contribution in [0.3, 0.4) is 0 Å². The molecule has 0 unspecified atom stereocenters. The van der Waals surface area contributed by atoms with Gasteiger partial charge in [-0.2, -0.15) is 8.42 Å². The molecule has 192 valence electrons. The molecule has 8 atom stereocenters. The van der Waals surface area contributed by atoms with E-state index in [9.17, 15) is 23.1 Å². The number of aliphatic hydroxyl groups excluding tert-OH is 1. The Hall–Kier alpha value is -1.25. The Morgan fingerprint density at radius 3 is 2.65 bits per heavy atom. The molecule has 34 heavy (non-hydrogen) atoms. The predicted octanol–water partition coefficient (Wildman–Crippen LogP) is 3.53. The van der Waals surface area contributed by atoms with E-state index in [0.29, 0.717) is 42.9 Å². The number of hydrogen-bond donors (Lipinski definition) is 3. The summed E-state index contributed by atoms with van der Waals surface area (Å²) in [6.45, 7) is 6.88. The van der Waals surface area contributed by atoms with Crippen molar-refractivity contribution in [3.8, 4) is 0 Å². The average Bonchev–Trinajstić information content (AvgIpc) is 3.09. The first kappa shape index (κ1) is 25.8. The summed E-state index contributed by atoms with van der Waals surface area (Å²) >= 11 is 0. The molecule has 4 aliphatic carbocycles. The maximum Gasteiger partial charge on any atom is 0.266 e. The molecule has 0 bridgehead atoms. The number of amides is 1. The van der Waals surface area contributed by atoms with E-state index in [0.717, 1.165) is 38.5 Å². The second-order valence-electron chi connectivity index (χ2n) is 12.0. The quantitative estimate of drug-likeness (QED) is 0.465. The molecule has 0 radical (unpaired) electrons. The first-order valence-electron chi connectivity index (χ1n) is 13.0. The molecule has 0 heterocycles. The van der Waals surface area contributed by atoms with Crippen LogP contribution in [0.5, 0.6) is 0 Å². The third-order valence-corrected chi connectivity index (χ3v) is 11.0. The Balaban J connectivity index is 1.41. The van der Waals surface area contributed by atoms with Crippen LogP contribution in [0.1, 0.15) is 78.6 Å². The van der Waals surface area contributed by atoms with Gasteiger partial charge in [-0.25, -0.2) is 0 Å². The zero-order chi connectivity index (χ0) is 24.9. The summed E-state index contributed by atoms with van der Waals surface area (Å²) in [4.78, 5) is 24.2. The van der Waals surface area contributed by atoms with Crippen LogP contribution in [0.2, 0.25) is 0 Å². The van der Waals surface area contributed by atoms with Crippen molar-refractivity contribution < 1.29 is 27.7 Å². The molecule has 0 aliphatic heterocycles. The van der Waals surface area contributed by atoms with Gasteiger partial charge in [0.1, 0.15) is 0 Å². The number of fused-ring (bicyclic) bond motifs is 5. The number of nitrogens with one attached hydrogen (secondary N) is 1. The number of rotatable bonds is 7.